The van der Waals surface area contributed by atoms with Crippen molar-refractivity contribution in [1.82, 2.24) is 0 Å². The molecule has 0 aromatic carbocycles. The van der Waals surface area contributed by atoms with Crippen LogP contribution in [0.3, 0.4) is 0 Å². The first kappa shape index (κ1) is 12.0. The van der Waals surface area contributed by atoms with Crippen molar-refractivity contribution in [1.29, 1.82) is 0 Å². The van der Waals surface area contributed by atoms with E-state index >= 15 is 0 Å². The van der Waals surface area contributed by atoms with Crippen molar-refractivity contribution in [2.75, 3.05) is 13.2 Å². The average molecular weight is 202 g/mol. The van der Waals surface area contributed by atoms with E-state index < -0.39 is 5.79 Å². The van der Waals surface area contributed by atoms with Gasteiger partial charge in [-0.1, -0.05) is 32.6 Å². The van der Waals surface area contributed by atoms with E-state index in [1.54, 1.807) is 6.92 Å². The van der Waals surface area contributed by atoms with Gasteiger partial charge in [-0.3, -0.25) is 0 Å². The van der Waals surface area contributed by atoms with Gasteiger partial charge in [0.1, 0.15) is 0 Å². The van der Waals surface area contributed by atoms with E-state index in [1.165, 1.54) is 25.7 Å². The summed E-state index contributed by atoms with van der Waals surface area (Å²) in [7, 11) is 0. The summed E-state index contributed by atoms with van der Waals surface area (Å²) in [5.41, 5.74) is 0. The first-order valence-electron chi connectivity index (χ1n) is 5.63. The summed E-state index contributed by atoms with van der Waals surface area (Å²) in [5, 5.41) is 9.00. The van der Waals surface area contributed by atoms with Gasteiger partial charge in [-0.2, -0.15) is 0 Å². The molecule has 0 bridgehead atoms. The van der Waals surface area contributed by atoms with Crippen molar-refractivity contribution in [2.45, 2.75) is 57.8 Å². The van der Waals surface area contributed by atoms with Crippen molar-refractivity contribution >= 4 is 0 Å². The van der Waals surface area contributed by atoms with Gasteiger partial charge in [0.25, 0.3) is 0 Å². The average Bonchev–Trinajstić information content (AvgIpc) is 2.56. The smallest absolute Gasteiger partial charge is 0.189 e. The fraction of sp³-hybridized carbons (Fsp3) is 1.00. The lowest BCUT2D eigenvalue weighted by atomic mass is 10.1. The summed E-state index contributed by atoms with van der Waals surface area (Å²) in [4.78, 5) is 0. The predicted molar refractivity (Wildman–Crippen MR) is 55.1 cm³/mol. The van der Waals surface area contributed by atoms with Crippen molar-refractivity contribution < 1.29 is 14.6 Å². The van der Waals surface area contributed by atoms with E-state index in [1.807, 2.05) is 0 Å². The zero-order valence-corrected chi connectivity index (χ0v) is 9.29. The van der Waals surface area contributed by atoms with Crippen LogP contribution in [0.1, 0.15) is 46.0 Å². The highest BCUT2D eigenvalue weighted by Crippen LogP contribution is 2.25. The maximum Gasteiger partial charge on any atom is 0.189 e. The summed E-state index contributed by atoms with van der Waals surface area (Å²) in [5.74, 6) is -0.741. The molecule has 2 atom stereocenters. The van der Waals surface area contributed by atoms with E-state index in [0.717, 1.165) is 6.42 Å². The van der Waals surface area contributed by atoms with Gasteiger partial charge < -0.3 is 14.6 Å². The van der Waals surface area contributed by atoms with Gasteiger partial charge in [-0.25, -0.2) is 0 Å². The van der Waals surface area contributed by atoms with E-state index in [2.05, 4.69) is 6.92 Å². The number of aliphatic hydroxyl groups excluding tert-OH is 1. The van der Waals surface area contributed by atoms with E-state index in [0.29, 0.717) is 6.61 Å². The first-order valence-corrected chi connectivity index (χ1v) is 5.63. The molecule has 1 rings (SSSR count). The van der Waals surface area contributed by atoms with Gasteiger partial charge in [0.2, 0.25) is 0 Å². The lowest BCUT2D eigenvalue weighted by molar-refractivity contribution is -0.178. The predicted octanol–water partition coefficient (Wildman–Crippen LogP) is 2.08. The number of hydrogen-bond donors (Lipinski definition) is 1. The number of ether oxygens (including phenoxy) is 2. The Morgan fingerprint density at radius 3 is 2.71 bits per heavy atom. The van der Waals surface area contributed by atoms with Crippen LogP contribution in [0, 0.1) is 0 Å². The van der Waals surface area contributed by atoms with Gasteiger partial charge in [0, 0.05) is 0 Å². The molecule has 0 saturated carbocycles. The topological polar surface area (TPSA) is 38.7 Å². The molecule has 3 nitrogen and oxygen atoms in total. The van der Waals surface area contributed by atoms with Crippen LogP contribution in [0.25, 0.3) is 0 Å². The molecule has 0 radical (unpaired) electrons. The number of aliphatic hydroxyl groups is 1. The Balaban J connectivity index is 2.10. The zero-order chi connectivity index (χ0) is 10.4. The van der Waals surface area contributed by atoms with Crippen LogP contribution >= 0.6 is 0 Å². The van der Waals surface area contributed by atoms with Crippen LogP contribution in [0.4, 0.5) is 0 Å². The van der Waals surface area contributed by atoms with Crippen LogP contribution in [0.5, 0.6) is 0 Å². The van der Waals surface area contributed by atoms with E-state index in [9.17, 15) is 0 Å². The van der Waals surface area contributed by atoms with Crippen molar-refractivity contribution in [3.8, 4) is 0 Å². The molecule has 14 heavy (non-hydrogen) atoms. The third-order valence-electron chi connectivity index (χ3n) is 2.66. The Kier molecular flexibility index (Phi) is 4.85. The monoisotopic (exact) mass is 202 g/mol. The molecule has 0 spiro atoms. The summed E-state index contributed by atoms with van der Waals surface area (Å²) >= 11 is 0. The maximum atomic E-state index is 9.00. The molecule has 1 N–H and O–H groups in total. The fourth-order valence-electron chi connectivity index (χ4n) is 1.71. The SMILES string of the molecule is CCCCCCC1COC(C)(CO)O1. The Bertz CT molecular complexity index is 161. The van der Waals surface area contributed by atoms with Gasteiger partial charge in [0.15, 0.2) is 5.79 Å². The van der Waals surface area contributed by atoms with Crippen LogP contribution in [-0.2, 0) is 9.47 Å². The molecule has 1 saturated heterocycles. The molecule has 3 heteroatoms. The van der Waals surface area contributed by atoms with Crippen molar-refractivity contribution in [2.24, 2.45) is 0 Å². The second kappa shape index (κ2) is 5.69. The summed E-state index contributed by atoms with van der Waals surface area (Å²) in [6.07, 6.45) is 6.26. The van der Waals surface area contributed by atoms with Crippen molar-refractivity contribution in [3.05, 3.63) is 0 Å². The lowest BCUT2D eigenvalue weighted by Gasteiger charge is -2.19. The normalized spacial score (nSPS) is 32.4. The van der Waals surface area contributed by atoms with Crippen LogP contribution < -0.4 is 0 Å². The molecule has 0 aromatic rings. The van der Waals surface area contributed by atoms with E-state index in [4.69, 9.17) is 14.6 Å². The Morgan fingerprint density at radius 1 is 1.36 bits per heavy atom. The minimum Gasteiger partial charge on any atom is -0.391 e. The third kappa shape index (κ3) is 3.56. The summed E-state index contributed by atoms with van der Waals surface area (Å²) in [6.45, 7) is 4.57. The van der Waals surface area contributed by atoms with Crippen LogP contribution in [0.15, 0.2) is 0 Å². The Morgan fingerprint density at radius 2 is 2.14 bits per heavy atom. The molecule has 1 fully saturated rings. The number of unbranched alkanes of at least 4 members (excludes halogenated alkanes) is 3. The highest BCUT2D eigenvalue weighted by Gasteiger charge is 2.35. The minimum absolute atomic E-state index is 0.0571. The maximum absolute atomic E-state index is 9.00. The van der Waals surface area contributed by atoms with Gasteiger partial charge in [-0.15, -0.1) is 0 Å². The molecular weight excluding hydrogens is 180 g/mol. The number of hydrogen-bond acceptors (Lipinski definition) is 3. The minimum atomic E-state index is -0.741. The van der Waals surface area contributed by atoms with E-state index in [-0.39, 0.29) is 12.7 Å². The zero-order valence-electron chi connectivity index (χ0n) is 9.29. The second-order valence-corrected chi connectivity index (χ2v) is 4.19. The Labute approximate surface area is 86.4 Å². The second-order valence-electron chi connectivity index (χ2n) is 4.19. The molecule has 1 aliphatic heterocycles. The molecule has 1 heterocycles. The molecule has 0 aliphatic carbocycles. The largest absolute Gasteiger partial charge is 0.391 e. The fourth-order valence-corrected chi connectivity index (χ4v) is 1.71. The molecular formula is C11H22O3. The van der Waals surface area contributed by atoms with Crippen LogP contribution in [-0.4, -0.2) is 30.2 Å². The van der Waals surface area contributed by atoms with Gasteiger partial charge in [-0.05, 0) is 13.3 Å². The summed E-state index contributed by atoms with van der Waals surface area (Å²) < 4.78 is 11.0. The van der Waals surface area contributed by atoms with Crippen molar-refractivity contribution in [3.63, 3.8) is 0 Å². The summed E-state index contributed by atoms with van der Waals surface area (Å²) in [6, 6.07) is 0. The standard InChI is InChI=1S/C11H22O3/c1-3-4-5-6-7-10-8-13-11(2,9-12)14-10/h10,12H,3-9H2,1-2H3. The molecule has 0 amide bonds. The number of rotatable bonds is 6. The molecule has 84 valence electrons. The lowest BCUT2D eigenvalue weighted by Crippen LogP contribution is -2.31. The quantitative estimate of drug-likeness (QED) is 0.670. The Hall–Kier alpha value is -0.120. The molecule has 1 aliphatic rings. The van der Waals surface area contributed by atoms with Gasteiger partial charge in [0.05, 0.1) is 19.3 Å². The van der Waals surface area contributed by atoms with Crippen LogP contribution in [0.2, 0.25) is 0 Å². The highest BCUT2D eigenvalue weighted by molar-refractivity contribution is 4.73. The molecule has 0 aromatic heterocycles. The van der Waals surface area contributed by atoms with Gasteiger partial charge >= 0.3 is 0 Å². The molecule has 2 unspecified atom stereocenters. The highest BCUT2D eigenvalue weighted by atomic mass is 16.8. The third-order valence-corrected chi connectivity index (χ3v) is 2.66. The first-order chi connectivity index (χ1) is 6.70.